The Balaban J connectivity index is 1.47. The van der Waals surface area contributed by atoms with E-state index in [4.69, 9.17) is 14.2 Å². The number of benzene rings is 1. The fourth-order valence-corrected chi connectivity index (χ4v) is 7.20. The summed E-state index contributed by atoms with van der Waals surface area (Å²) in [5.74, 6) is 3.57. The van der Waals surface area contributed by atoms with Crippen molar-refractivity contribution >= 4 is 0 Å². The molecule has 0 N–H and O–H groups in total. The molecule has 2 heterocycles. The molecule has 6 rings (SSSR count). The fraction of sp³-hybridized carbons (Fsp3) is 0.739. The van der Waals surface area contributed by atoms with Gasteiger partial charge in [-0.3, -0.25) is 4.90 Å². The minimum absolute atomic E-state index is 0.136. The molecule has 4 heteroatoms. The molecule has 1 unspecified atom stereocenters. The summed E-state index contributed by atoms with van der Waals surface area (Å²) in [5.41, 5.74) is 3.12. The fourth-order valence-electron chi connectivity index (χ4n) is 7.20. The summed E-state index contributed by atoms with van der Waals surface area (Å²) in [6, 6.07) is 5.11. The molecule has 0 aromatic heterocycles. The van der Waals surface area contributed by atoms with Gasteiger partial charge in [0.1, 0.15) is 6.10 Å². The lowest BCUT2D eigenvalue weighted by Gasteiger charge is -2.60. The van der Waals surface area contributed by atoms with Gasteiger partial charge in [0.25, 0.3) is 0 Å². The molecule has 0 radical (unpaired) electrons. The number of hydrogen-bond acceptors (Lipinski definition) is 4. The van der Waals surface area contributed by atoms with Crippen molar-refractivity contribution in [3.8, 4) is 11.5 Å². The predicted octanol–water partition coefficient (Wildman–Crippen LogP) is 3.55. The molecule has 2 saturated carbocycles. The maximum Gasteiger partial charge on any atom is 0.165 e. The third-order valence-corrected chi connectivity index (χ3v) is 8.60. The summed E-state index contributed by atoms with van der Waals surface area (Å²) in [6.45, 7) is 2.53. The summed E-state index contributed by atoms with van der Waals surface area (Å²) >= 11 is 0. The van der Waals surface area contributed by atoms with E-state index in [0.717, 1.165) is 23.8 Å². The van der Waals surface area contributed by atoms with E-state index >= 15 is 0 Å². The van der Waals surface area contributed by atoms with E-state index in [2.05, 4.69) is 17.0 Å². The molecular weight excluding hydrogens is 338 g/mol. The number of likely N-dealkylation sites (tertiary alicyclic amines) is 1. The highest BCUT2D eigenvalue weighted by atomic mass is 16.6. The van der Waals surface area contributed by atoms with E-state index < -0.39 is 0 Å². The molecule has 5 aliphatic rings. The third kappa shape index (κ3) is 2.06. The number of nitrogens with zero attached hydrogens (tertiary/aromatic N) is 1. The van der Waals surface area contributed by atoms with Crippen LogP contribution in [0.5, 0.6) is 11.5 Å². The third-order valence-electron chi connectivity index (χ3n) is 8.60. The normalized spacial score (nSPS) is 39.5. The second-order valence-electron chi connectivity index (χ2n) is 9.48. The Kier molecular flexibility index (Phi) is 3.62. The summed E-state index contributed by atoms with van der Waals surface area (Å²) in [6.07, 6.45) is 9.44. The summed E-state index contributed by atoms with van der Waals surface area (Å²) in [7, 11) is 3.62. The van der Waals surface area contributed by atoms with Crippen LogP contribution in [-0.2, 0) is 16.6 Å². The summed E-state index contributed by atoms with van der Waals surface area (Å²) in [5, 5.41) is 0. The van der Waals surface area contributed by atoms with Crippen LogP contribution in [0.15, 0.2) is 12.1 Å². The first-order chi connectivity index (χ1) is 13.3. The van der Waals surface area contributed by atoms with Crippen molar-refractivity contribution in [3.63, 3.8) is 0 Å². The predicted molar refractivity (Wildman–Crippen MR) is 104 cm³/mol. The zero-order chi connectivity index (χ0) is 18.2. The highest BCUT2D eigenvalue weighted by molar-refractivity contribution is 5.61. The van der Waals surface area contributed by atoms with Gasteiger partial charge in [-0.2, -0.15) is 0 Å². The molecule has 3 fully saturated rings. The molecule has 1 aromatic rings. The SMILES string of the molecule is COc1ccc2c3c1O[C@@H]1C(OC)CC[C@@H]4[C@H](C2)N(CC2CCC2)CC[C@@]314. The van der Waals surface area contributed by atoms with Gasteiger partial charge in [-0.15, -0.1) is 0 Å². The summed E-state index contributed by atoms with van der Waals surface area (Å²) in [4.78, 5) is 2.86. The van der Waals surface area contributed by atoms with Crippen LogP contribution in [0.25, 0.3) is 0 Å². The number of rotatable bonds is 4. The quantitative estimate of drug-likeness (QED) is 0.812. The van der Waals surface area contributed by atoms with Gasteiger partial charge in [0.2, 0.25) is 0 Å². The molecule has 0 amide bonds. The zero-order valence-corrected chi connectivity index (χ0v) is 16.6. The first-order valence-corrected chi connectivity index (χ1v) is 10.9. The standard InChI is InChI=1S/C23H31NO3/c1-25-18-8-6-15-12-17-16-7-9-19(26-2)22-23(16,20(15)21(18)27-22)10-11-24(17)13-14-4-3-5-14/h6,8,14,16-17,19,22H,3-5,7,9-13H2,1-2H3/t16-,17+,19?,22-,23-/m1/s1. The van der Waals surface area contributed by atoms with Crippen molar-refractivity contribution in [2.75, 3.05) is 27.3 Å². The molecule has 3 aliphatic carbocycles. The van der Waals surface area contributed by atoms with Gasteiger partial charge in [0.05, 0.1) is 13.2 Å². The Labute approximate surface area is 162 Å². The van der Waals surface area contributed by atoms with Crippen LogP contribution in [0.1, 0.15) is 49.7 Å². The molecule has 4 nitrogen and oxygen atoms in total. The first-order valence-electron chi connectivity index (χ1n) is 10.9. The zero-order valence-electron chi connectivity index (χ0n) is 16.6. The average molecular weight is 370 g/mol. The number of methoxy groups -OCH3 is 2. The van der Waals surface area contributed by atoms with Crippen LogP contribution in [0, 0.1) is 11.8 Å². The van der Waals surface area contributed by atoms with Gasteiger partial charge in [-0.1, -0.05) is 12.5 Å². The van der Waals surface area contributed by atoms with Crippen LogP contribution in [0.2, 0.25) is 0 Å². The smallest absolute Gasteiger partial charge is 0.165 e. The molecule has 1 aromatic carbocycles. The lowest BCUT2D eigenvalue weighted by atomic mass is 9.51. The molecule has 146 valence electrons. The van der Waals surface area contributed by atoms with E-state index in [1.54, 1.807) is 7.11 Å². The maximum absolute atomic E-state index is 6.68. The van der Waals surface area contributed by atoms with E-state index in [0.29, 0.717) is 12.0 Å². The van der Waals surface area contributed by atoms with Crippen LogP contribution in [-0.4, -0.2) is 50.5 Å². The van der Waals surface area contributed by atoms with E-state index in [1.165, 1.54) is 62.7 Å². The van der Waals surface area contributed by atoms with Crippen molar-refractivity contribution in [2.45, 2.75) is 68.6 Å². The Bertz CT molecular complexity index is 760. The van der Waals surface area contributed by atoms with Crippen molar-refractivity contribution in [1.82, 2.24) is 4.90 Å². The van der Waals surface area contributed by atoms with E-state index in [9.17, 15) is 0 Å². The molecule has 2 bridgehead atoms. The van der Waals surface area contributed by atoms with Crippen LogP contribution >= 0.6 is 0 Å². The molecule has 1 saturated heterocycles. The van der Waals surface area contributed by atoms with Crippen molar-refractivity contribution in [3.05, 3.63) is 23.3 Å². The Morgan fingerprint density at radius 2 is 2.07 bits per heavy atom. The van der Waals surface area contributed by atoms with E-state index in [-0.39, 0.29) is 17.6 Å². The van der Waals surface area contributed by atoms with Gasteiger partial charge < -0.3 is 14.2 Å². The van der Waals surface area contributed by atoms with Gasteiger partial charge in [-0.25, -0.2) is 0 Å². The second-order valence-corrected chi connectivity index (χ2v) is 9.48. The van der Waals surface area contributed by atoms with Crippen molar-refractivity contribution in [2.24, 2.45) is 11.8 Å². The second kappa shape index (κ2) is 5.87. The van der Waals surface area contributed by atoms with Gasteiger partial charge >= 0.3 is 0 Å². The minimum Gasteiger partial charge on any atom is -0.493 e. The highest BCUT2D eigenvalue weighted by Gasteiger charge is 2.66. The summed E-state index contributed by atoms with van der Waals surface area (Å²) < 4.78 is 18.3. The van der Waals surface area contributed by atoms with Gasteiger partial charge in [0.15, 0.2) is 11.5 Å². The lowest BCUT2D eigenvalue weighted by Crippen LogP contribution is -2.67. The van der Waals surface area contributed by atoms with Crippen molar-refractivity contribution in [1.29, 1.82) is 0 Å². The van der Waals surface area contributed by atoms with Gasteiger partial charge in [-0.05, 0) is 68.5 Å². The van der Waals surface area contributed by atoms with Crippen LogP contribution in [0.3, 0.4) is 0 Å². The van der Waals surface area contributed by atoms with Crippen molar-refractivity contribution < 1.29 is 14.2 Å². The maximum atomic E-state index is 6.68. The Hall–Kier alpha value is -1.26. The number of ether oxygens (including phenoxy) is 3. The van der Waals surface area contributed by atoms with Crippen LogP contribution in [0.4, 0.5) is 0 Å². The molecule has 2 aliphatic heterocycles. The Morgan fingerprint density at radius 3 is 2.81 bits per heavy atom. The molecule has 1 spiro atoms. The highest BCUT2D eigenvalue weighted by Crippen LogP contribution is 2.64. The Morgan fingerprint density at radius 1 is 1.19 bits per heavy atom. The number of hydrogen-bond donors (Lipinski definition) is 0. The van der Waals surface area contributed by atoms with Crippen LogP contribution < -0.4 is 9.47 Å². The lowest BCUT2D eigenvalue weighted by molar-refractivity contribution is -0.118. The first kappa shape index (κ1) is 16.7. The van der Waals surface area contributed by atoms with Gasteiger partial charge in [0, 0.05) is 30.7 Å². The average Bonchev–Trinajstić information content (AvgIpc) is 3.00. The topological polar surface area (TPSA) is 30.9 Å². The minimum atomic E-state index is 0.136. The molecule has 27 heavy (non-hydrogen) atoms. The van der Waals surface area contributed by atoms with E-state index in [1.807, 2.05) is 7.11 Å². The largest absolute Gasteiger partial charge is 0.493 e. The molecule has 5 atom stereocenters. The monoisotopic (exact) mass is 369 g/mol. The number of piperidine rings is 1. The molecular formula is C23H31NO3.